The third-order valence-corrected chi connectivity index (χ3v) is 4.09. The van der Waals surface area contributed by atoms with Crippen molar-refractivity contribution in [2.24, 2.45) is 0 Å². The van der Waals surface area contributed by atoms with Gasteiger partial charge in [0.15, 0.2) is 0 Å². The van der Waals surface area contributed by atoms with Crippen LogP contribution in [0.4, 0.5) is 18.9 Å². The molecule has 1 aromatic carbocycles. The van der Waals surface area contributed by atoms with Crippen molar-refractivity contribution in [3.63, 3.8) is 0 Å². The zero-order valence-corrected chi connectivity index (χ0v) is 13.6. The standard InChI is InChI=1S/C16H18ClF3N2O2/c17-10-6-7-13(12(8-10)16(18,19)20)22-15(24)9-14(23)21-11-4-2-1-3-5-11/h6-8,11H,1-5,9H2,(H,21,23)(H,22,24). The number of hydrogen-bond acceptors (Lipinski definition) is 2. The first-order chi connectivity index (χ1) is 11.3. The van der Waals surface area contributed by atoms with Crippen LogP contribution >= 0.6 is 11.6 Å². The van der Waals surface area contributed by atoms with E-state index in [1.165, 1.54) is 6.07 Å². The molecular formula is C16H18ClF3N2O2. The highest BCUT2D eigenvalue weighted by Gasteiger charge is 2.34. The molecule has 132 valence electrons. The lowest BCUT2D eigenvalue weighted by molar-refractivity contribution is -0.137. The summed E-state index contributed by atoms with van der Waals surface area (Å²) < 4.78 is 38.9. The van der Waals surface area contributed by atoms with Gasteiger partial charge in [-0.1, -0.05) is 30.9 Å². The Kier molecular flexibility index (Phi) is 6.10. The van der Waals surface area contributed by atoms with Crippen molar-refractivity contribution in [3.05, 3.63) is 28.8 Å². The summed E-state index contributed by atoms with van der Waals surface area (Å²) in [6.45, 7) is 0. The Bertz CT molecular complexity index is 614. The Morgan fingerprint density at radius 3 is 2.42 bits per heavy atom. The van der Waals surface area contributed by atoms with E-state index in [1.807, 2.05) is 0 Å². The van der Waals surface area contributed by atoms with Gasteiger partial charge >= 0.3 is 6.18 Å². The summed E-state index contributed by atoms with van der Waals surface area (Å²) in [7, 11) is 0. The molecule has 2 N–H and O–H groups in total. The first kappa shape index (κ1) is 18.6. The fourth-order valence-corrected chi connectivity index (χ4v) is 2.90. The van der Waals surface area contributed by atoms with Crippen LogP contribution in [0.5, 0.6) is 0 Å². The number of nitrogens with one attached hydrogen (secondary N) is 2. The molecule has 1 aromatic rings. The van der Waals surface area contributed by atoms with Gasteiger partial charge in [0.1, 0.15) is 6.42 Å². The maximum Gasteiger partial charge on any atom is 0.418 e. The number of carbonyl (C=O) groups excluding carboxylic acids is 2. The number of anilines is 1. The van der Waals surface area contributed by atoms with E-state index in [2.05, 4.69) is 10.6 Å². The molecular weight excluding hydrogens is 345 g/mol. The molecule has 1 saturated carbocycles. The Morgan fingerprint density at radius 1 is 1.12 bits per heavy atom. The molecule has 0 radical (unpaired) electrons. The van der Waals surface area contributed by atoms with Crippen LogP contribution < -0.4 is 10.6 Å². The number of rotatable bonds is 4. The third kappa shape index (κ3) is 5.40. The summed E-state index contributed by atoms with van der Waals surface area (Å²) in [4.78, 5) is 23.7. The second-order valence-corrected chi connectivity index (χ2v) is 6.25. The lowest BCUT2D eigenvalue weighted by atomic mass is 9.95. The van der Waals surface area contributed by atoms with Crippen LogP contribution in [0.1, 0.15) is 44.1 Å². The Hall–Kier alpha value is -1.76. The molecule has 1 aliphatic rings. The third-order valence-electron chi connectivity index (χ3n) is 3.85. The van der Waals surface area contributed by atoms with Crippen LogP contribution in [-0.2, 0) is 15.8 Å². The Labute approximate surface area is 142 Å². The number of halogens is 4. The summed E-state index contributed by atoms with van der Waals surface area (Å²) in [5.41, 5.74) is -1.46. The van der Waals surface area contributed by atoms with E-state index in [0.717, 1.165) is 44.2 Å². The van der Waals surface area contributed by atoms with Gasteiger partial charge in [-0.05, 0) is 31.0 Å². The SMILES string of the molecule is O=C(CC(=O)NC1CCCCC1)Nc1ccc(Cl)cc1C(F)(F)F. The van der Waals surface area contributed by atoms with Crippen LogP contribution in [0.2, 0.25) is 5.02 Å². The highest BCUT2D eigenvalue weighted by molar-refractivity contribution is 6.30. The van der Waals surface area contributed by atoms with Crippen LogP contribution in [0, 0.1) is 0 Å². The zero-order valence-electron chi connectivity index (χ0n) is 12.9. The largest absolute Gasteiger partial charge is 0.418 e. The minimum atomic E-state index is -4.65. The lowest BCUT2D eigenvalue weighted by Gasteiger charge is -2.22. The minimum Gasteiger partial charge on any atom is -0.353 e. The van der Waals surface area contributed by atoms with Crippen molar-refractivity contribution >= 4 is 29.1 Å². The first-order valence-electron chi connectivity index (χ1n) is 7.71. The number of carbonyl (C=O) groups is 2. The van der Waals surface area contributed by atoms with Crippen molar-refractivity contribution in [1.82, 2.24) is 5.32 Å². The topological polar surface area (TPSA) is 58.2 Å². The van der Waals surface area contributed by atoms with E-state index in [-0.39, 0.29) is 11.1 Å². The zero-order chi connectivity index (χ0) is 17.7. The van der Waals surface area contributed by atoms with E-state index < -0.39 is 35.7 Å². The van der Waals surface area contributed by atoms with Crippen molar-refractivity contribution in [1.29, 1.82) is 0 Å². The van der Waals surface area contributed by atoms with E-state index in [0.29, 0.717) is 0 Å². The fraction of sp³-hybridized carbons (Fsp3) is 0.500. The van der Waals surface area contributed by atoms with E-state index in [9.17, 15) is 22.8 Å². The molecule has 4 nitrogen and oxygen atoms in total. The Morgan fingerprint density at radius 2 is 1.79 bits per heavy atom. The van der Waals surface area contributed by atoms with Crippen molar-refractivity contribution < 1.29 is 22.8 Å². The summed E-state index contributed by atoms with van der Waals surface area (Å²) in [5.74, 6) is -1.28. The van der Waals surface area contributed by atoms with Gasteiger partial charge in [0.05, 0.1) is 11.3 Å². The molecule has 8 heteroatoms. The summed E-state index contributed by atoms with van der Waals surface area (Å²) in [5, 5.41) is 4.79. The molecule has 0 saturated heterocycles. The monoisotopic (exact) mass is 362 g/mol. The van der Waals surface area contributed by atoms with Crippen molar-refractivity contribution in [2.45, 2.75) is 50.7 Å². The molecule has 1 fully saturated rings. The fourth-order valence-electron chi connectivity index (χ4n) is 2.73. The maximum absolute atomic E-state index is 13.0. The van der Waals surface area contributed by atoms with Crippen molar-refractivity contribution in [2.75, 3.05) is 5.32 Å². The number of alkyl halides is 3. The van der Waals surface area contributed by atoms with Gasteiger partial charge in [-0.3, -0.25) is 9.59 Å². The second kappa shape index (κ2) is 7.88. The minimum absolute atomic E-state index is 0.0420. The van der Waals surface area contributed by atoms with Gasteiger partial charge in [-0.25, -0.2) is 0 Å². The predicted octanol–water partition coefficient (Wildman–Crippen LogP) is 4.14. The molecule has 0 unspecified atom stereocenters. The van der Waals surface area contributed by atoms with Gasteiger partial charge in [-0.15, -0.1) is 0 Å². The number of benzene rings is 1. The number of hydrogen-bond donors (Lipinski definition) is 2. The average Bonchev–Trinajstić information content (AvgIpc) is 2.48. The van der Waals surface area contributed by atoms with Crippen molar-refractivity contribution in [3.8, 4) is 0 Å². The molecule has 0 spiro atoms. The summed E-state index contributed by atoms with van der Waals surface area (Å²) in [6.07, 6.45) is -0.267. The normalized spacial score (nSPS) is 15.8. The maximum atomic E-state index is 13.0. The van der Waals surface area contributed by atoms with E-state index >= 15 is 0 Å². The first-order valence-corrected chi connectivity index (χ1v) is 8.09. The van der Waals surface area contributed by atoms with Crippen LogP contribution in [0.15, 0.2) is 18.2 Å². The van der Waals surface area contributed by atoms with Gasteiger partial charge < -0.3 is 10.6 Å². The molecule has 0 heterocycles. The van der Waals surface area contributed by atoms with Gasteiger partial charge in [0.25, 0.3) is 0 Å². The highest BCUT2D eigenvalue weighted by atomic mass is 35.5. The van der Waals surface area contributed by atoms with Gasteiger partial charge in [-0.2, -0.15) is 13.2 Å². The lowest BCUT2D eigenvalue weighted by Crippen LogP contribution is -2.38. The molecule has 0 aliphatic heterocycles. The molecule has 0 bridgehead atoms. The van der Waals surface area contributed by atoms with Gasteiger partial charge in [0, 0.05) is 11.1 Å². The van der Waals surface area contributed by atoms with Gasteiger partial charge in [0.2, 0.25) is 11.8 Å². The van der Waals surface area contributed by atoms with Crippen LogP contribution in [-0.4, -0.2) is 17.9 Å². The highest BCUT2D eigenvalue weighted by Crippen LogP contribution is 2.36. The van der Waals surface area contributed by atoms with E-state index in [1.54, 1.807) is 0 Å². The average molecular weight is 363 g/mol. The smallest absolute Gasteiger partial charge is 0.353 e. The van der Waals surface area contributed by atoms with E-state index in [4.69, 9.17) is 11.6 Å². The molecule has 0 aromatic heterocycles. The molecule has 24 heavy (non-hydrogen) atoms. The summed E-state index contributed by atoms with van der Waals surface area (Å²) >= 11 is 5.58. The molecule has 2 amide bonds. The predicted molar refractivity (Wildman–Crippen MR) is 84.7 cm³/mol. The second-order valence-electron chi connectivity index (χ2n) is 5.82. The van der Waals surface area contributed by atoms with Crippen LogP contribution in [0.25, 0.3) is 0 Å². The summed E-state index contributed by atoms with van der Waals surface area (Å²) in [6, 6.07) is 3.09. The number of amides is 2. The van der Waals surface area contributed by atoms with Crippen LogP contribution in [0.3, 0.4) is 0 Å². The molecule has 2 rings (SSSR count). The molecule has 0 atom stereocenters. The quantitative estimate of drug-likeness (QED) is 0.791. The molecule has 1 aliphatic carbocycles. The Balaban J connectivity index is 1.95.